The number of aromatic nitrogens is 1. The molecule has 2 rings (SSSR count). The number of hydrogen-bond acceptors (Lipinski definition) is 4. The highest BCUT2D eigenvalue weighted by Gasteiger charge is 2.12. The summed E-state index contributed by atoms with van der Waals surface area (Å²) >= 11 is 0. The van der Waals surface area contributed by atoms with Gasteiger partial charge < -0.3 is 15.1 Å². The van der Waals surface area contributed by atoms with Crippen LogP contribution in [0.2, 0.25) is 0 Å². The smallest absolute Gasteiger partial charge is 0.141 e. The molecule has 1 aromatic carbocycles. The maximum atomic E-state index is 9.82. The lowest BCUT2D eigenvalue weighted by Crippen LogP contribution is -2.34. The fourth-order valence-electron chi connectivity index (χ4n) is 2.03. The minimum atomic E-state index is 0.0820. The van der Waals surface area contributed by atoms with Gasteiger partial charge in [0.25, 0.3) is 0 Å². The van der Waals surface area contributed by atoms with E-state index in [0.717, 1.165) is 11.2 Å². The highest BCUT2D eigenvalue weighted by molar-refractivity contribution is 5.85. The number of nitrogens with zero attached hydrogens (tertiary/aromatic N) is 2. The number of hydrogen-bond donors (Lipinski definition) is 2. The van der Waals surface area contributed by atoms with E-state index in [9.17, 15) is 5.11 Å². The second-order valence-electron chi connectivity index (χ2n) is 4.53. The molecule has 0 spiro atoms. The first-order chi connectivity index (χ1) is 8.63. The van der Waals surface area contributed by atoms with Gasteiger partial charge in [0.05, 0.1) is 6.61 Å². The first kappa shape index (κ1) is 12.6. The summed E-state index contributed by atoms with van der Waals surface area (Å²) < 4.78 is 0. The molecule has 2 N–H and O–H groups in total. The summed E-state index contributed by atoms with van der Waals surface area (Å²) in [6.45, 7) is 4.71. The van der Waals surface area contributed by atoms with Crippen molar-refractivity contribution in [3.05, 3.63) is 30.3 Å². The van der Waals surface area contributed by atoms with Crippen LogP contribution in [-0.2, 0) is 0 Å². The molecule has 0 atom stereocenters. The van der Waals surface area contributed by atoms with Crippen molar-refractivity contribution in [2.45, 2.75) is 19.9 Å². The largest absolute Gasteiger partial charge is 0.506 e. The molecule has 2 aromatic rings. The number of anilines is 1. The van der Waals surface area contributed by atoms with Crippen molar-refractivity contribution in [2.75, 3.05) is 18.1 Å². The molecule has 0 bridgehead atoms. The van der Waals surface area contributed by atoms with Gasteiger partial charge in [-0.15, -0.1) is 0 Å². The van der Waals surface area contributed by atoms with Crippen LogP contribution >= 0.6 is 0 Å². The molecule has 96 valence electrons. The number of aliphatic hydroxyl groups is 1. The van der Waals surface area contributed by atoms with Crippen LogP contribution in [0.25, 0.3) is 10.9 Å². The summed E-state index contributed by atoms with van der Waals surface area (Å²) in [5, 5.41) is 19.8. The van der Waals surface area contributed by atoms with Gasteiger partial charge in [-0.1, -0.05) is 12.1 Å². The van der Waals surface area contributed by atoms with E-state index in [1.807, 2.05) is 36.9 Å². The van der Waals surface area contributed by atoms with Crippen LogP contribution in [0.5, 0.6) is 5.75 Å². The fraction of sp³-hybridized carbons (Fsp3) is 0.357. The number of rotatable bonds is 4. The number of pyridine rings is 1. The highest BCUT2D eigenvalue weighted by atomic mass is 16.3. The monoisotopic (exact) mass is 246 g/mol. The second-order valence-corrected chi connectivity index (χ2v) is 4.53. The Bertz CT molecular complexity index is 540. The van der Waals surface area contributed by atoms with Crippen molar-refractivity contribution in [2.24, 2.45) is 0 Å². The molecule has 0 amide bonds. The van der Waals surface area contributed by atoms with Gasteiger partial charge in [-0.25, -0.2) is 4.98 Å². The van der Waals surface area contributed by atoms with E-state index in [-0.39, 0.29) is 18.4 Å². The summed E-state index contributed by atoms with van der Waals surface area (Å²) in [5.74, 6) is 0.954. The minimum Gasteiger partial charge on any atom is -0.506 e. The number of fused-ring (bicyclic) bond motifs is 1. The van der Waals surface area contributed by atoms with Crippen LogP contribution in [0.4, 0.5) is 5.82 Å². The Morgan fingerprint density at radius 1 is 1.22 bits per heavy atom. The molecule has 0 aliphatic carbocycles. The number of benzene rings is 1. The van der Waals surface area contributed by atoms with E-state index in [4.69, 9.17) is 5.11 Å². The molecule has 0 aliphatic heterocycles. The van der Waals surface area contributed by atoms with E-state index < -0.39 is 0 Å². The zero-order chi connectivity index (χ0) is 13.1. The fourth-order valence-corrected chi connectivity index (χ4v) is 2.03. The standard InChI is InChI=1S/C14H18N2O2/c1-10(2)16(8-9-17)13-7-6-11-4-3-5-12(18)14(11)15-13/h3-7,10,17-18H,8-9H2,1-2H3. The van der Waals surface area contributed by atoms with Crippen molar-refractivity contribution in [1.82, 2.24) is 4.98 Å². The maximum Gasteiger partial charge on any atom is 0.141 e. The summed E-state index contributed by atoms with van der Waals surface area (Å²) in [4.78, 5) is 6.49. The molecular formula is C14H18N2O2. The molecule has 4 heteroatoms. The SMILES string of the molecule is CC(C)N(CCO)c1ccc2cccc(O)c2n1. The van der Waals surface area contributed by atoms with Crippen LogP contribution in [0, 0.1) is 0 Å². The molecule has 0 unspecified atom stereocenters. The molecule has 0 aliphatic rings. The van der Waals surface area contributed by atoms with E-state index in [1.165, 1.54) is 0 Å². The molecule has 0 fully saturated rings. The summed E-state index contributed by atoms with van der Waals surface area (Å²) in [6, 6.07) is 9.43. The summed E-state index contributed by atoms with van der Waals surface area (Å²) in [5.41, 5.74) is 0.596. The van der Waals surface area contributed by atoms with E-state index in [2.05, 4.69) is 4.98 Å². The number of aliphatic hydroxyl groups excluding tert-OH is 1. The van der Waals surface area contributed by atoms with Gasteiger partial charge in [-0.2, -0.15) is 0 Å². The van der Waals surface area contributed by atoms with Gasteiger partial charge >= 0.3 is 0 Å². The van der Waals surface area contributed by atoms with Crippen molar-refractivity contribution >= 4 is 16.7 Å². The zero-order valence-corrected chi connectivity index (χ0v) is 10.7. The van der Waals surface area contributed by atoms with Gasteiger partial charge in [0.1, 0.15) is 17.1 Å². The quantitative estimate of drug-likeness (QED) is 0.868. The van der Waals surface area contributed by atoms with Crippen LogP contribution in [0.1, 0.15) is 13.8 Å². The van der Waals surface area contributed by atoms with Gasteiger partial charge in [-0.3, -0.25) is 0 Å². The van der Waals surface area contributed by atoms with Crippen molar-refractivity contribution in [1.29, 1.82) is 0 Å². The maximum absolute atomic E-state index is 9.82. The molecule has 0 radical (unpaired) electrons. The highest BCUT2D eigenvalue weighted by Crippen LogP contribution is 2.25. The lowest BCUT2D eigenvalue weighted by molar-refractivity contribution is 0.298. The third-order valence-electron chi connectivity index (χ3n) is 2.94. The number of phenols is 1. The summed E-state index contributed by atoms with van der Waals surface area (Å²) in [7, 11) is 0. The Morgan fingerprint density at radius 3 is 2.67 bits per heavy atom. The van der Waals surface area contributed by atoms with Crippen LogP contribution in [0.3, 0.4) is 0 Å². The Kier molecular flexibility index (Phi) is 3.67. The second kappa shape index (κ2) is 5.23. The molecule has 0 saturated carbocycles. The van der Waals surface area contributed by atoms with Gasteiger partial charge in [-0.05, 0) is 32.0 Å². The van der Waals surface area contributed by atoms with E-state index in [1.54, 1.807) is 12.1 Å². The van der Waals surface area contributed by atoms with Gasteiger partial charge in [0.15, 0.2) is 0 Å². The van der Waals surface area contributed by atoms with Crippen LogP contribution in [0.15, 0.2) is 30.3 Å². The molecule has 0 saturated heterocycles. The topological polar surface area (TPSA) is 56.6 Å². The molecular weight excluding hydrogens is 228 g/mol. The predicted octanol–water partition coefficient (Wildman–Crippen LogP) is 2.15. The van der Waals surface area contributed by atoms with Crippen LogP contribution in [-0.4, -0.2) is 34.4 Å². The van der Waals surface area contributed by atoms with Crippen molar-refractivity contribution in [3.63, 3.8) is 0 Å². The average molecular weight is 246 g/mol. The Morgan fingerprint density at radius 2 is 2.00 bits per heavy atom. The van der Waals surface area contributed by atoms with E-state index in [0.29, 0.717) is 12.1 Å². The Hall–Kier alpha value is -1.81. The first-order valence-corrected chi connectivity index (χ1v) is 6.09. The van der Waals surface area contributed by atoms with E-state index >= 15 is 0 Å². The normalized spacial score (nSPS) is 11.1. The number of phenolic OH excluding ortho intramolecular Hbond substituents is 1. The molecule has 18 heavy (non-hydrogen) atoms. The molecule has 1 aromatic heterocycles. The third-order valence-corrected chi connectivity index (χ3v) is 2.94. The third kappa shape index (κ3) is 2.38. The van der Waals surface area contributed by atoms with Gasteiger partial charge in [0, 0.05) is 18.0 Å². The van der Waals surface area contributed by atoms with Crippen molar-refractivity contribution < 1.29 is 10.2 Å². The molecule has 1 heterocycles. The van der Waals surface area contributed by atoms with Gasteiger partial charge in [0.2, 0.25) is 0 Å². The Balaban J connectivity index is 2.48. The number of para-hydroxylation sites is 1. The first-order valence-electron chi connectivity index (χ1n) is 6.09. The zero-order valence-electron chi connectivity index (χ0n) is 10.7. The minimum absolute atomic E-state index is 0.0820. The lowest BCUT2D eigenvalue weighted by Gasteiger charge is -2.27. The molecule has 4 nitrogen and oxygen atoms in total. The number of aromatic hydroxyl groups is 1. The average Bonchev–Trinajstić information content (AvgIpc) is 2.36. The predicted molar refractivity (Wildman–Crippen MR) is 73.0 cm³/mol. The van der Waals surface area contributed by atoms with Crippen LogP contribution < -0.4 is 4.90 Å². The Labute approximate surface area is 107 Å². The van der Waals surface area contributed by atoms with Crippen molar-refractivity contribution in [3.8, 4) is 5.75 Å². The lowest BCUT2D eigenvalue weighted by atomic mass is 10.2. The summed E-state index contributed by atoms with van der Waals surface area (Å²) in [6.07, 6.45) is 0.